The average Bonchev–Trinajstić information content (AvgIpc) is 2.68. The van der Waals surface area contributed by atoms with Crippen molar-refractivity contribution in [2.24, 2.45) is 17.1 Å². The van der Waals surface area contributed by atoms with Crippen LogP contribution < -0.4 is 5.73 Å². The molecule has 0 aliphatic heterocycles. The third-order valence-corrected chi connectivity index (χ3v) is 3.94. The van der Waals surface area contributed by atoms with E-state index in [1.807, 2.05) is 0 Å². The fourth-order valence-corrected chi connectivity index (χ4v) is 2.85. The Labute approximate surface area is 94.4 Å². The maximum atomic E-state index is 13.7. The second-order valence-corrected chi connectivity index (χ2v) is 5.18. The molecule has 2 rings (SSSR count). The number of hydrogen-bond donors (Lipinski definition) is 1. The Morgan fingerprint density at radius 3 is 2.60 bits per heavy atom. The van der Waals surface area contributed by atoms with Crippen LogP contribution in [0.5, 0.6) is 0 Å². The van der Waals surface area contributed by atoms with Crippen LogP contribution in [0.4, 0.5) is 4.39 Å². The number of benzene rings is 1. The number of nitrogens with two attached hydrogens (primary N) is 1. The van der Waals surface area contributed by atoms with Crippen molar-refractivity contribution in [1.29, 1.82) is 0 Å². The third-order valence-electron chi connectivity index (χ3n) is 3.62. The molecular formula is C12H15ClFN. The van der Waals surface area contributed by atoms with Gasteiger partial charge in [0.05, 0.1) is 0 Å². The smallest absolute Gasteiger partial charge is 0.128 e. The van der Waals surface area contributed by atoms with E-state index in [0.717, 1.165) is 0 Å². The van der Waals surface area contributed by atoms with Crippen molar-refractivity contribution in [2.45, 2.75) is 19.8 Å². The molecule has 0 bridgehead atoms. The predicted octanol–water partition coefficient (Wildman–Crippen LogP) is 3.18. The highest BCUT2D eigenvalue weighted by molar-refractivity contribution is 6.31. The van der Waals surface area contributed by atoms with Crippen LogP contribution in [0.1, 0.15) is 25.3 Å². The van der Waals surface area contributed by atoms with Crippen LogP contribution in [0.3, 0.4) is 0 Å². The van der Waals surface area contributed by atoms with E-state index in [4.69, 9.17) is 17.3 Å². The molecule has 1 saturated carbocycles. The van der Waals surface area contributed by atoms with Gasteiger partial charge in [0.15, 0.2) is 0 Å². The summed E-state index contributed by atoms with van der Waals surface area (Å²) in [5.74, 6) is 0.291. The molecule has 0 amide bonds. The van der Waals surface area contributed by atoms with Crippen molar-refractivity contribution in [3.05, 3.63) is 34.6 Å². The van der Waals surface area contributed by atoms with E-state index in [1.54, 1.807) is 12.1 Å². The Morgan fingerprint density at radius 1 is 1.47 bits per heavy atom. The van der Waals surface area contributed by atoms with Crippen molar-refractivity contribution in [1.82, 2.24) is 0 Å². The Balaban J connectivity index is 2.41. The van der Waals surface area contributed by atoms with E-state index in [1.165, 1.54) is 6.07 Å². The second kappa shape index (κ2) is 3.46. The highest BCUT2D eigenvalue weighted by Gasteiger charge is 2.58. The second-order valence-electron chi connectivity index (χ2n) is 4.78. The zero-order valence-electron chi connectivity index (χ0n) is 8.93. The predicted molar refractivity (Wildman–Crippen MR) is 60.5 cm³/mol. The van der Waals surface area contributed by atoms with Crippen molar-refractivity contribution >= 4 is 11.6 Å². The van der Waals surface area contributed by atoms with E-state index in [0.29, 0.717) is 23.0 Å². The molecule has 2 N–H and O–H groups in total. The van der Waals surface area contributed by atoms with E-state index < -0.39 is 0 Å². The topological polar surface area (TPSA) is 26.0 Å². The molecule has 2 atom stereocenters. The highest BCUT2D eigenvalue weighted by atomic mass is 35.5. The van der Waals surface area contributed by atoms with Crippen molar-refractivity contribution < 1.29 is 4.39 Å². The van der Waals surface area contributed by atoms with Crippen LogP contribution in [0.15, 0.2) is 18.2 Å². The maximum Gasteiger partial charge on any atom is 0.128 e. The Morgan fingerprint density at radius 2 is 2.13 bits per heavy atom. The molecule has 0 spiro atoms. The lowest BCUT2D eigenvalue weighted by Gasteiger charge is -2.06. The summed E-state index contributed by atoms with van der Waals surface area (Å²) in [5.41, 5.74) is 6.38. The van der Waals surface area contributed by atoms with Crippen LogP contribution >= 0.6 is 11.6 Å². The Hall–Kier alpha value is -0.600. The molecule has 0 radical (unpaired) electrons. The highest BCUT2D eigenvalue weighted by Crippen LogP contribution is 2.65. The summed E-state index contributed by atoms with van der Waals surface area (Å²) in [7, 11) is 0. The molecule has 1 aromatic rings. The monoisotopic (exact) mass is 227 g/mol. The van der Waals surface area contributed by atoms with Gasteiger partial charge in [-0.2, -0.15) is 0 Å². The van der Waals surface area contributed by atoms with Gasteiger partial charge in [0.2, 0.25) is 0 Å². The normalized spacial score (nSPS) is 27.8. The van der Waals surface area contributed by atoms with Crippen LogP contribution in [0.2, 0.25) is 5.02 Å². The van der Waals surface area contributed by atoms with E-state index in [-0.39, 0.29) is 17.2 Å². The molecule has 1 nitrogen and oxygen atoms in total. The number of halogens is 2. The van der Waals surface area contributed by atoms with Gasteiger partial charge in [0, 0.05) is 10.6 Å². The molecule has 0 unspecified atom stereocenters. The molecule has 0 saturated heterocycles. The summed E-state index contributed by atoms with van der Waals surface area (Å²) in [6.07, 6.45) is 0. The lowest BCUT2D eigenvalue weighted by atomic mass is 10.0. The van der Waals surface area contributed by atoms with Gasteiger partial charge in [0.25, 0.3) is 0 Å². The summed E-state index contributed by atoms with van der Waals surface area (Å²) in [5, 5.41) is 0.518. The quantitative estimate of drug-likeness (QED) is 0.825. The largest absolute Gasteiger partial charge is 0.330 e. The van der Waals surface area contributed by atoms with Gasteiger partial charge in [-0.05, 0) is 35.9 Å². The molecule has 1 aromatic carbocycles. The molecule has 15 heavy (non-hydrogen) atoms. The van der Waals surface area contributed by atoms with Gasteiger partial charge in [-0.1, -0.05) is 31.5 Å². The van der Waals surface area contributed by atoms with E-state index >= 15 is 0 Å². The van der Waals surface area contributed by atoms with Crippen LogP contribution in [0, 0.1) is 17.2 Å². The van der Waals surface area contributed by atoms with Gasteiger partial charge in [-0.25, -0.2) is 4.39 Å². The summed E-state index contributed by atoms with van der Waals surface area (Å²) in [6.45, 7) is 4.80. The first-order valence-corrected chi connectivity index (χ1v) is 5.52. The summed E-state index contributed by atoms with van der Waals surface area (Å²) in [4.78, 5) is 0. The first-order valence-electron chi connectivity index (χ1n) is 5.14. The van der Waals surface area contributed by atoms with Gasteiger partial charge in [-0.15, -0.1) is 0 Å². The molecule has 0 aromatic heterocycles. The molecule has 3 heteroatoms. The van der Waals surface area contributed by atoms with Crippen molar-refractivity contribution in [3.8, 4) is 0 Å². The van der Waals surface area contributed by atoms with Crippen molar-refractivity contribution in [2.75, 3.05) is 6.54 Å². The van der Waals surface area contributed by atoms with Crippen molar-refractivity contribution in [3.63, 3.8) is 0 Å². The summed E-state index contributed by atoms with van der Waals surface area (Å²) in [6, 6.07) is 4.83. The first-order chi connectivity index (χ1) is 7.00. The lowest BCUT2D eigenvalue weighted by molar-refractivity contribution is 0.551. The van der Waals surface area contributed by atoms with Gasteiger partial charge >= 0.3 is 0 Å². The fraction of sp³-hybridized carbons (Fsp3) is 0.500. The zero-order chi connectivity index (χ0) is 11.2. The minimum absolute atomic E-state index is 0.0700. The minimum Gasteiger partial charge on any atom is -0.330 e. The Bertz CT molecular complexity index is 369. The average molecular weight is 228 g/mol. The van der Waals surface area contributed by atoms with Crippen LogP contribution in [-0.4, -0.2) is 6.54 Å². The first kappa shape index (κ1) is 10.9. The fourth-order valence-electron chi connectivity index (χ4n) is 2.56. The number of hydrogen-bond acceptors (Lipinski definition) is 1. The van der Waals surface area contributed by atoms with Crippen LogP contribution in [-0.2, 0) is 0 Å². The molecule has 82 valence electrons. The standard InChI is InChI=1S/C12H15ClFN/c1-12(2)7(6-15)11(12)10-8(13)4-3-5-9(10)14/h3-5,7,11H,6,15H2,1-2H3/t7-,11+/m0/s1. The number of rotatable bonds is 2. The van der Waals surface area contributed by atoms with Gasteiger partial charge in [0.1, 0.15) is 5.82 Å². The summed E-state index contributed by atoms with van der Waals surface area (Å²) >= 11 is 6.03. The molecular weight excluding hydrogens is 213 g/mol. The third kappa shape index (κ3) is 1.56. The van der Waals surface area contributed by atoms with Crippen LogP contribution in [0.25, 0.3) is 0 Å². The maximum absolute atomic E-state index is 13.7. The Kier molecular flexibility index (Phi) is 2.52. The SMILES string of the molecule is CC1(C)[C@@H](CN)[C@@H]1c1c(F)cccc1Cl. The summed E-state index contributed by atoms with van der Waals surface area (Å²) < 4.78 is 13.7. The molecule has 1 aliphatic rings. The van der Waals surface area contributed by atoms with Gasteiger partial charge in [-0.3, -0.25) is 0 Å². The van der Waals surface area contributed by atoms with E-state index in [2.05, 4.69) is 13.8 Å². The molecule has 0 heterocycles. The molecule has 1 aliphatic carbocycles. The zero-order valence-corrected chi connectivity index (χ0v) is 9.68. The van der Waals surface area contributed by atoms with E-state index in [9.17, 15) is 4.39 Å². The minimum atomic E-state index is -0.212. The van der Waals surface area contributed by atoms with Gasteiger partial charge < -0.3 is 5.73 Å². The molecule has 1 fully saturated rings. The lowest BCUT2D eigenvalue weighted by Crippen LogP contribution is -2.05.